The molecule has 110 valence electrons. The summed E-state index contributed by atoms with van der Waals surface area (Å²) >= 11 is 5.90. The van der Waals surface area contributed by atoms with E-state index in [9.17, 15) is 0 Å². The van der Waals surface area contributed by atoms with Crippen LogP contribution in [0.2, 0.25) is 5.02 Å². The lowest BCUT2D eigenvalue weighted by Gasteiger charge is -2.15. The first-order valence-electron chi connectivity index (χ1n) is 7.12. The highest BCUT2D eigenvalue weighted by Crippen LogP contribution is 2.32. The van der Waals surface area contributed by atoms with Gasteiger partial charge < -0.3 is 15.2 Å². The fourth-order valence-electron chi connectivity index (χ4n) is 2.40. The maximum atomic E-state index is 6.31. The summed E-state index contributed by atoms with van der Waals surface area (Å²) in [5, 5.41) is 0.739. The van der Waals surface area contributed by atoms with Crippen molar-refractivity contribution >= 4 is 11.6 Å². The fourth-order valence-corrected chi connectivity index (χ4v) is 2.53. The summed E-state index contributed by atoms with van der Waals surface area (Å²) < 4.78 is 11.3. The van der Waals surface area contributed by atoms with Crippen LogP contribution in [-0.4, -0.2) is 13.2 Å². The number of hydrogen-bond donors (Lipinski definition) is 1. The van der Waals surface area contributed by atoms with Gasteiger partial charge in [0.15, 0.2) is 11.5 Å². The molecule has 0 saturated carbocycles. The Morgan fingerprint density at radius 2 is 1.71 bits per heavy atom. The van der Waals surface area contributed by atoms with Crippen molar-refractivity contribution in [3.8, 4) is 11.5 Å². The number of hydrogen-bond acceptors (Lipinski definition) is 3. The monoisotopic (exact) mass is 303 g/mol. The van der Waals surface area contributed by atoms with Gasteiger partial charge in [-0.3, -0.25) is 0 Å². The molecular weight excluding hydrogens is 286 g/mol. The fraction of sp³-hybridized carbons (Fsp3) is 0.294. The minimum atomic E-state index is -0.0803. The highest BCUT2D eigenvalue weighted by Gasteiger charge is 2.14. The molecule has 0 aliphatic carbocycles. The SMILES string of the molecule is NC(Cc1ccc(Cl)cc1)c1ccc2c(c1)OCCCO2. The molecular formula is C17H18ClNO2. The van der Waals surface area contributed by atoms with Gasteiger partial charge in [0.05, 0.1) is 13.2 Å². The van der Waals surface area contributed by atoms with Crippen molar-refractivity contribution in [2.45, 2.75) is 18.9 Å². The van der Waals surface area contributed by atoms with E-state index >= 15 is 0 Å². The molecule has 0 radical (unpaired) electrons. The number of ether oxygens (including phenoxy) is 2. The molecule has 1 heterocycles. The Labute approximate surface area is 129 Å². The van der Waals surface area contributed by atoms with Gasteiger partial charge in [0.2, 0.25) is 0 Å². The number of fused-ring (bicyclic) bond motifs is 1. The second kappa shape index (κ2) is 6.37. The van der Waals surface area contributed by atoms with Gasteiger partial charge in [-0.05, 0) is 41.8 Å². The molecule has 1 atom stereocenters. The number of rotatable bonds is 3. The molecule has 2 N–H and O–H groups in total. The Morgan fingerprint density at radius 3 is 2.48 bits per heavy atom. The van der Waals surface area contributed by atoms with Crippen LogP contribution in [0.15, 0.2) is 42.5 Å². The number of benzene rings is 2. The summed E-state index contributed by atoms with van der Waals surface area (Å²) in [6, 6.07) is 13.6. The molecule has 3 nitrogen and oxygen atoms in total. The lowest BCUT2D eigenvalue weighted by molar-refractivity contribution is 0.297. The second-order valence-corrected chi connectivity index (χ2v) is 5.63. The summed E-state index contributed by atoms with van der Waals surface area (Å²) in [6.45, 7) is 1.38. The van der Waals surface area contributed by atoms with Crippen LogP contribution >= 0.6 is 11.6 Å². The van der Waals surface area contributed by atoms with Crippen LogP contribution in [0.25, 0.3) is 0 Å². The van der Waals surface area contributed by atoms with Crippen LogP contribution in [0.3, 0.4) is 0 Å². The zero-order chi connectivity index (χ0) is 14.7. The van der Waals surface area contributed by atoms with Gasteiger partial charge in [-0.15, -0.1) is 0 Å². The van der Waals surface area contributed by atoms with Gasteiger partial charge in [-0.1, -0.05) is 29.8 Å². The highest BCUT2D eigenvalue weighted by molar-refractivity contribution is 6.30. The maximum absolute atomic E-state index is 6.31. The average Bonchev–Trinajstić information content (AvgIpc) is 2.74. The van der Waals surface area contributed by atoms with E-state index in [2.05, 4.69) is 0 Å². The van der Waals surface area contributed by atoms with E-state index in [0.717, 1.165) is 34.9 Å². The molecule has 1 unspecified atom stereocenters. The van der Waals surface area contributed by atoms with Crippen molar-refractivity contribution < 1.29 is 9.47 Å². The Hall–Kier alpha value is -1.71. The molecule has 0 amide bonds. The van der Waals surface area contributed by atoms with E-state index in [1.165, 1.54) is 5.56 Å². The van der Waals surface area contributed by atoms with E-state index in [0.29, 0.717) is 13.2 Å². The highest BCUT2D eigenvalue weighted by atomic mass is 35.5. The van der Waals surface area contributed by atoms with Crippen molar-refractivity contribution in [3.05, 3.63) is 58.6 Å². The summed E-state index contributed by atoms with van der Waals surface area (Å²) in [7, 11) is 0. The lowest BCUT2D eigenvalue weighted by atomic mass is 9.99. The predicted octanol–water partition coefficient (Wildman–Crippen LogP) is 3.74. The van der Waals surface area contributed by atoms with E-state index in [-0.39, 0.29) is 6.04 Å². The first kappa shape index (κ1) is 14.2. The molecule has 0 spiro atoms. The van der Waals surface area contributed by atoms with Crippen molar-refractivity contribution in [2.75, 3.05) is 13.2 Å². The van der Waals surface area contributed by atoms with Gasteiger partial charge in [0.1, 0.15) is 0 Å². The Bertz CT molecular complexity index is 613. The molecule has 0 fully saturated rings. The van der Waals surface area contributed by atoms with Gasteiger partial charge in [-0.2, -0.15) is 0 Å². The first-order valence-corrected chi connectivity index (χ1v) is 7.50. The molecule has 21 heavy (non-hydrogen) atoms. The second-order valence-electron chi connectivity index (χ2n) is 5.19. The zero-order valence-corrected chi connectivity index (χ0v) is 12.5. The van der Waals surface area contributed by atoms with Crippen LogP contribution in [0, 0.1) is 0 Å². The molecule has 2 aromatic carbocycles. The van der Waals surface area contributed by atoms with Crippen LogP contribution < -0.4 is 15.2 Å². The molecule has 1 aliphatic heterocycles. The lowest BCUT2D eigenvalue weighted by Crippen LogP contribution is -2.13. The first-order chi connectivity index (χ1) is 10.2. The minimum absolute atomic E-state index is 0.0803. The van der Waals surface area contributed by atoms with Gasteiger partial charge >= 0.3 is 0 Å². The largest absolute Gasteiger partial charge is 0.490 e. The smallest absolute Gasteiger partial charge is 0.161 e. The van der Waals surface area contributed by atoms with Gasteiger partial charge in [-0.25, -0.2) is 0 Å². The van der Waals surface area contributed by atoms with E-state index in [1.54, 1.807) is 0 Å². The Morgan fingerprint density at radius 1 is 1.00 bits per heavy atom. The van der Waals surface area contributed by atoms with Crippen molar-refractivity contribution in [2.24, 2.45) is 5.73 Å². The Balaban J connectivity index is 1.76. The van der Waals surface area contributed by atoms with Crippen LogP contribution in [0.1, 0.15) is 23.6 Å². The third-order valence-corrected chi connectivity index (χ3v) is 3.82. The quantitative estimate of drug-likeness (QED) is 0.939. The molecule has 0 saturated heterocycles. The van der Waals surface area contributed by atoms with Crippen molar-refractivity contribution in [1.82, 2.24) is 0 Å². The molecule has 2 aromatic rings. The van der Waals surface area contributed by atoms with E-state index in [4.69, 9.17) is 26.8 Å². The normalized spacial score (nSPS) is 15.3. The maximum Gasteiger partial charge on any atom is 0.161 e. The topological polar surface area (TPSA) is 44.5 Å². The Kier molecular flexibility index (Phi) is 4.32. The van der Waals surface area contributed by atoms with E-state index < -0.39 is 0 Å². The third-order valence-electron chi connectivity index (χ3n) is 3.57. The van der Waals surface area contributed by atoms with Crippen LogP contribution in [0.4, 0.5) is 0 Å². The number of halogens is 1. The summed E-state index contributed by atoms with van der Waals surface area (Å²) in [6.07, 6.45) is 1.66. The summed E-state index contributed by atoms with van der Waals surface area (Å²) in [5.41, 5.74) is 8.52. The zero-order valence-electron chi connectivity index (χ0n) is 11.7. The third kappa shape index (κ3) is 3.49. The minimum Gasteiger partial charge on any atom is -0.490 e. The summed E-state index contributed by atoms with van der Waals surface area (Å²) in [5.74, 6) is 1.59. The van der Waals surface area contributed by atoms with E-state index in [1.807, 2.05) is 42.5 Å². The van der Waals surface area contributed by atoms with Crippen molar-refractivity contribution in [3.63, 3.8) is 0 Å². The van der Waals surface area contributed by atoms with Crippen LogP contribution in [-0.2, 0) is 6.42 Å². The average molecular weight is 304 g/mol. The molecule has 0 aromatic heterocycles. The predicted molar refractivity (Wildman–Crippen MR) is 84.1 cm³/mol. The summed E-state index contributed by atoms with van der Waals surface area (Å²) in [4.78, 5) is 0. The number of nitrogens with two attached hydrogens (primary N) is 1. The molecule has 0 bridgehead atoms. The van der Waals surface area contributed by atoms with Crippen LogP contribution in [0.5, 0.6) is 11.5 Å². The van der Waals surface area contributed by atoms with Gasteiger partial charge in [0.25, 0.3) is 0 Å². The molecule has 4 heteroatoms. The van der Waals surface area contributed by atoms with Crippen molar-refractivity contribution in [1.29, 1.82) is 0 Å². The van der Waals surface area contributed by atoms with Gasteiger partial charge in [0, 0.05) is 17.5 Å². The molecule has 1 aliphatic rings. The standard InChI is InChI=1S/C17H18ClNO2/c18-14-5-2-12(3-6-14)10-15(19)13-4-7-16-17(11-13)21-9-1-8-20-16/h2-7,11,15H,1,8-10,19H2. The molecule has 3 rings (SSSR count).